The van der Waals surface area contributed by atoms with Crippen molar-refractivity contribution in [3.05, 3.63) is 87.9 Å². The van der Waals surface area contributed by atoms with E-state index >= 15 is 0 Å². The normalized spacial score (nSPS) is 13.5. The fourth-order valence-corrected chi connectivity index (χ4v) is 4.50. The average molecular weight is 492 g/mol. The number of nitrogens with one attached hydrogen (secondary N) is 1. The number of carbonyl (C=O) groups is 2. The van der Waals surface area contributed by atoms with E-state index in [-0.39, 0.29) is 18.4 Å². The number of carbonyl (C=O) groups excluding carboxylic acids is 2. The van der Waals surface area contributed by atoms with Crippen molar-refractivity contribution in [1.82, 2.24) is 4.90 Å². The Hall–Kier alpha value is -3.51. The Bertz CT molecular complexity index is 1240. The molecule has 0 radical (unpaired) electrons. The van der Waals surface area contributed by atoms with E-state index < -0.39 is 0 Å². The molecule has 3 aromatic carbocycles. The van der Waals surface area contributed by atoms with Gasteiger partial charge in [0.15, 0.2) is 6.61 Å². The molecule has 4 rings (SSSR count). The van der Waals surface area contributed by atoms with Gasteiger partial charge in [-0.1, -0.05) is 41.9 Å². The molecule has 3 aromatic rings. The van der Waals surface area contributed by atoms with Crippen LogP contribution in [0, 0.1) is 20.8 Å². The van der Waals surface area contributed by atoms with Crippen molar-refractivity contribution in [3.63, 3.8) is 0 Å². The monoisotopic (exact) mass is 491 g/mol. The molecule has 7 heteroatoms. The van der Waals surface area contributed by atoms with Gasteiger partial charge in [-0.25, -0.2) is 0 Å². The van der Waals surface area contributed by atoms with Crippen molar-refractivity contribution in [2.45, 2.75) is 20.8 Å². The number of halogens is 1. The van der Waals surface area contributed by atoms with Crippen LogP contribution in [0.3, 0.4) is 0 Å². The van der Waals surface area contributed by atoms with Gasteiger partial charge in [0.2, 0.25) is 0 Å². The Balaban J connectivity index is 1.32. The molecular weight excluding hydrogens is 462 g/mol. The molecule has 0 atom stereocenters. The summed E-state index contributed by atoms with van der Waals surface area (Å²) in [5.74, 6) is 0.515. The zero-order valence-electron chi connectivity index (χ0n) is 20.3. The summed E-state index contributed by atoms with van der Waals surface area (Å²) in [5.41, 5.74) is 5.38. The molecule has 0 unspecified atom stereocenters. The van der Waals surface area contributed by atoms with E-state index in [1.165, 1.54) is 0 Å². The number of amides is 2. The van der Waals surface area contributed by atoms with E-state index in [0.717, 1.165) is 27.9 Å². The first-order valence-corrected chi connectivity index (χ1v) is 12.1. The summed E-state index contributed by atoms with van der Waals surface area (Å²) in [6, 6.07) is 18.9. The summed E-state index contributed by atoms with van der Waals surface area (Å²) in [6.45, 7) is 8.47. The lowest BCUT2D eigenvalue weighted by atomic mass is 10.1. The maximum absolute atomic E-state index is 12.9. The molecule has 0 aromatic heterocycles. The van der Waals surface area contributed by atoms with E-state index in [0.29, 0.717) is 42.6 Å². The van der Waals surface area contributed by atoms with Crippen LogP contribution in [-0.4, -0.2) is 49.5 Å². The fraction of sp³-hybridized carbons (Fsp3) is 0.286. The Labute approximate surface area is 211 Å². The summed E-state index contributed by atoms with van der Waals surface area (Å²) >= 11 is 6.57. The lowest BCUT2D eigenvalue weighted by molar-refractivity contribution is -0.118. The van der Waals surface area contributed by atoms with Crippen molar-refractivity contribution in [1.29, 1.82) is 0 Å². The molecule has 0 bridgehead atoms. The van der Waals surface area contributed by atoms with Gasteiger partial charge in [-0.05, 0) is 67.8 Å². The zero-order valence-corrected chi connectivity index (χ0v) is 21.1. The molecule has 35 heavy (non-hydrogen) atoms. The van der Waals surface area contributed by atoms with Gasteiger partial charge in [0.25, 0.3) is 11.8 Å². The first-order chi connectivity index (χ1) is 16.8. The Kier molecular flexibility index (Phi) is 7.61. The summed E-state index contributed by atoms with van der Waals surface area (Å²) in [5, 5.41) is 3.40. The highest BCUT2D eigenvalue weighted by Gasteiger charge is 2.24. The molecule has 2 amide bonds. The van der Waals surface area contributed by atoms with Crippen molar-refractivity contribution in [2.75, 3.05) is 43.0 Å². The van der Waals surface area contributed by atoms with Crippen LogP contribution in [0.4, 0.5) is 11.4 Å². The lowest BCUT2D eigenvalue weighted by Gasteiger charge is -2.36. The molecule has 0 saturated carbocycles. The third-order valence-electron chi connectivity index (χ3n) is 6.43. The number of anilines is 2. The van der Waals surface area contributed by atoms with Gasteiger partial charge in [-0.3, -0.25) is 9.59 Å². The molecule has 1 N–H and O–H groups in total. The Morgan fingerprint density at radius 3 is 2.34 bits per heavy atom. The molecule has 182 valence electrons. The maximum Gasteiger partial charge on any atom is 0.262 e. The second-order valence-corrected chi connectivity index (χ2v) is 9.20. The van der Waals surface area contributed by atoms with Crippen LogP contribution in [0.2, 0.25) is 5.02 Å². The summed E-state index contributed by atoms with van der Waals surface area (Å²) in [6.07, 6.45) is 0. The van der Waals surface area contributed by atoms with Gasteiger partial charge in [0.1, 0.15) is 5.75 Å². The molecule has 1 fully saturated rings. The quantitative estimate of drug-likeness (QED) is 0.512. The number of hydrogen-bond acceptors (Lipinski definition) is 4. The molecule has 1 aliphatic heterocycles. The number of piperazine rings is 1. The predicted molar refractivity (Wildman–Crippen MR) is 141 cm³/mol. The smallest absolute Gasteiger partial charge is 0.262 e. The zero-order chi connectivity index (χ0) is 24.9. The van der Waals surface area contributed by atoms with Crippen LogP contribution < -0.4 is 15.0 Å². The van der Waals surface area contributed by atoms with Gasteiger partial charge in [-0.2, -0.15) is 0 Å². The van der Waals surface area contributed by atoms with Crippen LogP contribution in [-0.2, 0) is 4.79 Å². The molecule has 1 aliphatic rings. The largest absolute Gasteiger partial charge is 0.483 e. The molecular formula is C28H30ClN3O3. The summed E-state index contributed by atoms with van der Waals surface area (Å²) in [4.78, 5) is 29.3. The average Bonchev–Trinajstić information content (AvgIpc) is 2.85. The number of aryl methyl sites for hydroxylation is 2. The van der Waals surface area contributed by atoms with Crippen LogP contribution >= 0.6 is 11.6 Å². The first-order valence-electron chi connectivity index (χ1n) is 11.7. The number of benzene rings is 3. The van der Waals surface area contributed by atoms with Gasteiger partial charge in [0.05, 0.1) is 10.7 Å². The second kappa shape index (κ2) is 10.8. The molecule has 6 nitrogen and oxygen atoms in total. The van der Waals surface area contributed by atoms with Gasteiger partial charge in [0, 0.05) is 37.4 Å². The van der Waals surface area contributed by atoms with E-state index in [2.05, 4.69) is 10.2 Å². The topological polar surface area (TPSA) is 61.9 Å². The number of rotatable bonds is 6. The Morgan fingerprint density at radius 1 is 0.914 bits per heavy atom. The molecule has 1 saturated heterocycles. The van der Waals surface area contributed by atoms with Crippen LogP contribution in [0.1, 0.15) is 27.0 Å². The van der Waals surface area contributed by atoms with E-state index in [9.17, 15) is 9.59 Å². The summed E-state index contributed by atoms with van der Waals surface area (Å²) < 4.78 is 5.68. The van der Waals surface area contributed by atoms with Crippen molar-refractivity contribution in [3.8, 4) is 5.75 Å². The molecule has 0 spiro atoms. The number of hydrogen-bond donors (Lipinski definition) is 1. The minimum Gasteiger partial charge on any atom is -0.483 e. The standard InChI is InChI=1S/C28H30ClN3O3/c1-19-8-6-10-26(21(19)3)35-18-27(33)30-22-11-12-25(24(29)17-22)31-13-15-32(16-14-31)28(34)23-9-5-4-7-20(23)2/h4-12,17H,13-16,18H2,1-3H3,(H,30,33). The number of nitrogens with zero attached hydrogens (tertiary/aromatic N) is 2. The van der Waals surface area contributed by atoms with Crippen molar-refractivity contribution >= 4 is 34.8 Å². The minimum absolute atomic E-state index is 0.0648. The third-order valence-corrected chi connectivity index (χ3v) is 6.73. The highest BCUT2D eigenvalue weighted by atomic mass is 35.5. The third kappa shape index (κ3) is 5.77. The number of ether oxygens (including phenoxy) is 1. The minimum atomic E-state index is -0.252. The summed E-state index contributed by atoms with van der Waals surface area (Å²) in [7, 11) is 0. The van der Waals surface area contributed by atoms with Crippen LogP contribution in [0.15, 0.2) is 60.7 Å². The van der Waals surface area contributed by atoms with Crippen LogP contribution in [0.25, 0.3) is 0 Å². The Morgan fingerprint density at radius 2 is 1.63 bits per heavy atom. The first kappa shape index (κ1) is 24.6. The fourth-order valence-electron chi connectivity index (χ4n) is 4.20. The van der Waals surface area contributed by atoms with Gasteiger partial charge < -0.3 is 19.9 Å². The lowest BCUT2D eigenvalue weighted by Crippen LogP contribution is -2.49. The predicted octanol–water partition coefficient (Wildman–Crippen LogP) is 5.25. The van der Waals surface area contributed by atoms with E-state index in [1.54, 1.807) is 6.07 Å². The molecule has 1 heterocycles. The van der Waals surface area contributed by atoms with Gasteiger partial charge in [-0.15, -0.1) is 0 Å². The van der Waals surface area contributed by atoms with Crippen molar-refractivity contribution < 1.29 is 14.3 Å². The highest BCUT2D eigenvalue weighted by Crippen LogP contribution is 2.30. The van der Waals surface area contributed by atoms with E-state index in [1.807, 2.05) is 80.3 Å². The van der Waals surface area contributed by atoms with Crippen molar-refractivity contribution in [2.24, 2.45) is 0 Å². The van der Waals surface area contributed by atoms with E-state index in [4.69, 9.17) is 16.3 Å². The van der Waals surface area contributed by atoms with Gasteiger partial charge >= 0.3 is 0 Å². The molecule has 0 aliphatic carbocycles. The SMILES string of the molecule is Cc1ccccc1C(=O)N1CCN(c2ccc(NC(=O)COc3cccc(C)c3C)cc2Cl)CC1. The maximum atomic E-state index is 12.9. The second-order valence-electron chi connectivity index (χ2n) is 8.80. The van der Waals surface area contributed by atoms with Crippen LogP contribution in [0.5, 0.6) is 5.75 Å². The highest BCUT2D eigenvalue weighted by molar-refractivity contribution is 6.33.